The SMILES string of the molecule is CC(NS(=O)(=O)c1ccc(S(N)(=O)=O)cc1)c1ccc2ccccc2c1. The molecule has 0 aliphatic rings. The van der Waals surface area contributed by atoms with Crippen molar-refractivity contribution in [1.82, 2.24) is 4.72 Å². The Kier molecular flexibility index (Phi) is 4.85. The Morgan fingerprint density at radius 2 is 1.38 bits per heavy atom. The summed E-state index contributed by atoms with van der Waals surface area (Å²) < 4.78 is 50.3. The van der Waals surface area contributed by atoms with Crippen molar-refractivity contribution in [3.63, 3.8) is 0 Å². The van der Waals surface area contributed by atoms with E-state index in [0.717, 1.165) is 16.3 Å². The van der Waals surface area contributed by atoms with Gasteiger partial charge in [-0.05, 0) is 53.6 Å². The van der Waals surface area contributed by atoms with Crippen molar-refractivity contribution in [2.45, 2.75) is 22.8 Å². The van der Waals surface area contributed by atoms with E-state index >= 15 is 0 Å². The minimum atomic E-state index is -3.87. The maximum atomic E-state index is 12.5. The van der Waals surface area contributed by atoms with E-state index in [0.29, 0.717) is 0 Å². The molecule has 0 aliphatic heterocycles. The Morgan fingerprint density at radius 3 is 2.00 bits per heavy atom. The van der Waals surface area contributed by atoms with Crippen molar-refractivity contribution >= 4 is 30.8 Å². The minimum Gasteiger partial charge on any atom is -0.225 e. The van der Waals surface area contributed by atoms with Gasteiger partial charge < -0.3 is 0 Å². The van der Waals surface area contributed by atoms with Crippen LogP contribution in [-0.2, 0) is 20.0 Å². The summed E-state index contributed by atoms with van der Waals surface area (Å²) in [5.41, 5.74) is 0.827. The number of rotatable bonds is 5. The summed E-state index contributed by atoms with van der Waals surface area (Å²) in [5, 5.41) is 7.12. The van der Waals surface area contributed by atoms with Gasteiger partial charge in [-0.2, -0.15) is 0 Å². The molecule has 6 nitrogen and oxygen atoms in total. The van der Waals surface area contributed by atoms with Gasteiger partial charge in [0.2, 0.25) is 20.0 Å². The third-order valence-corrected chi connectivity index (χ3v) is 6.55. The van der Waals surface area contributed by atoms with E-state index < -0.39 is 26.1 Å². The van der Waals surface area contributed by atoms with Crippen LogP contribution in [0.3, 0.4) is 0 Å². The predicted molar refractivity (Wildman–Crippen MR) is 100 cm³/mol. The molecule has 0 fully saturated rings. The fraction of sp³-hybridized carbons (Fsp3) is 0.111. The Bertz CT molecular complexity index is 1160. The number of nitrogens with two attached hydrogens (primary N) is 1. The number of fused-ring (bicyclic) bond motifs is 1. The normalized spacial score (nSPS) is 13.6. The zero-order valence-corrected chi connectivity index (χ0v) is 15.6. The Labute approximate surface area is 152 Å². The Hall–Kier alpha value is -2.26. The number of sulfonamides is 2. The number of benzene rings is 3. The van der Waals surface area contributed by atoms with Crippen molar-refractivity contribution < 1.29 is 16.8 Å². The average Bonchev–Trinajstić information content (AvgIpc) is 2.60. The molecule has 8 heteroatoms. The minimum absolute atomic E-state index is 0.0301. The third kappa shape index (κ3) is 3.94. The summed E-state index contributed by atoms with van der Waals surface area (Å²) in [6.45, 7) is 1.75. The van der Waals surface area contributed by atoms with E-state index in [1.54, 1.807) is 6.92 Å². The molecule has 0 spiro atoms. The first-order chi connectivity index (χ1) is 12.2. The van der Waals surface area contributed by atoms with Gasteiger partial charge >= 0.3 is 0 Å². The lowest BCUT2D eigenvalue weighted by Gasteiger charge is -2.15. The maximum absolute atomic E-state index is 12.5. The molecule has 0 radical (unpaired) electrons. The molecule has 3 aromatic carbocycles. The van der Waals surface area contributed by atoms with E-state index in [2.05, 4.69) is 4.72 Å². The second kappa shape index (κ2) is 6.81. The molecule has 0 bridgehead atoms. The average molecular weight is 390 g/mol. The topological polar surface area (TPSA) is 106 Å². The lowest BCUT2D eigenvalue weighted by molar-refractivity contribution is 0.566. The van der Waals surface area contributed by atoms with E-state index in [1.807, 2.05) is 42.5 Å². The highest BCUT2D eigenvalue weighted by atomic mass is 32.2. The fourth-order valence-corrected chi connectivity index (χ4v) is 4.40. The van der Waals surface area contributed by atoms with Crippen LogP contribution in [0, 0.1) is 0 Å². The van der Waals surface area contributed by atoms with Crippen molar-refractivity contribution in [3.05, 3.63) is 72.3 Å². The molecule has 1 unspecified atom stereocenters. The van der Waals surface area contributed by atoms with Crippen molar-refractivity contribution in [2.75, 3.05) is 0 Å². The lowest BCUT2D eigenvalue weighted by Crippen LogP contribution is -2.27. The van der Waals surface area contributed by atoms with Crippen LogP contribution in [0.4, 0.5) is 0 Å². The van der Waals surface area contributed by atoms with E-state index in [-0.39, 0.29) is 9.79 Å². The first-order valence-electron chi connectivity index (χ1n) is 7.81. The number of nitrogens with one attached hydrogen (secondary N) is 1. The highest BCUT2D eigenvalue weighted by Gasteiger charge is 2.19. The molecule has 26 heavy (non-hydrogen) atoms. The highest BCUT2D eigenvalue weighted by molar-refractivity contribution is 7.89. The monoisotopic (exact) mass is 390 g/mol. The summed E-state index contributed by atoms with van der Waals surface area (Å²) in [5.74, 6) is 0. The highest BCUT2D eigenvalue weighted by Crippen LogP contribution is 2.22. The standard InChI is InChI=1S/C18H18N2O4S2/c1-13(15-7-6-14-4-2-3-5-16(14)12-15)20-26(23,24)18-10-8-17(9-11-18)25(19,21)22/h2-13,20H,1H3,(H2,19,21,22). The van der Waals surface area contributed by atoms with Gasteiger partial charge in [0.05, 0.1) is 9.79 Å². The van der Waals surface area contributed by atoms with Crippen LogP contribution in [-0.4, -0.2) is 16.8 Å². The molecule has 0 aliphatic carbocycles. The lowest BCUT2D eigenvalue weighted by atomic mass is 10.0. The van der Waals surface area contributed by atoms with Crippen molar-refractivity contribution in [2.24, 2.45) is 5.14 Å². The second-order valence-corrected chi connectivity index (χ2v) is 9.24. The van der Waals surface area contributed by atoms with Gasteiger partial charge in [-0.25, -0.2) is 26.7 Å². The largest absolute Gasteiger partial charge is 0.241 e. The molecule has 136 valence electrons. The molecule has 1 atom stereocenters. The molecule has 3 rings (SSSR count). The smallest absolute Gasteiger partial charge is 0.225 e. The third-order valence-electron chi connectivity index (χ3n) is 4.07. The van der Waals surface area contributed by atoms with Crippen LogP contribution >= 0.6 is 0 Å². The first kappa shape index (κ1) is 18.5. The maximum Gasteiger partial charge on any atom is 0.241 e. The van der Waals surface area contributed by atoms with Gasteiger partial charge in [0.15, 0.2) is 0 Å². The van der Waals surface area contributed by atoms with Crippen LogP contribution in [0.2, 0.25) is 0 Å². The Morgan fingerprint density at radius 1 is 0.808 bits per heavy atom. The van der Waals surface area contributed by atoms with Gasteiger partial charge in [-0.15, -0.1) is 0 Å². The summed E-state index contributed by atoms with van der Waals surface area (Å²) in [6, 6.07) is 17.9. The van der Waals surface area contributed by atoms with E-state index in [4.69, 9.17) is 5.14 Å². The van der Waals surface area contributed by atoms with Crippen LogP contribution < -0.4 is 9.86 Å². The number of primary sulfonamides is 1. The molecule has 3 aromatic rings. The van der Waals surface area contributed by atoms with E-state index in [1.165, 1.54) is 24.3 Å². The van der Waals surface area contributed by atoms with Crippen LogP contribution in [0.1, 0.15) is 18.5 Å². The van der Waals surface area contributed by atoms with Gasteiger partial charge in [0, 0.05) is 6.04 Å². The summed E-state index contributed by atoms with van der Waals surface area (Å²) >= 11 is 0. The van der Waals surface area contributed by atoms with Gasteiger partial charge in [-0.1, -0.05) is 36.4 Å². The van der Waals surface area contributed by atoms with Crippen molar-refractivity contribution in [3.8, 4) is 0 Å². The van der Waals surface area contributed by atoms with Gasteiger partial charge in [0.1, 0.15) is 0 Å². The molecule has 0 saturated carbocycles. The van der Waals surface area contributed by atoms with Crippen LogP contribution in [0.15, 0.2) is 76.5 Å². The summed E-state index contributed by atoms with van der Waals surface area (Å²) in [6.07, 6.45) is 0. The zero-order chi connectivity index (χ0) is 18.9. The molecule has 0 saturated heterocycles. The predicted octanol–water partition coefficient (Wildman–Crippen LogP) is 2.53. The summed E-state index contributed by atoms with van der Waals surface area (Å²) in [4.78, 5) is -0.170. The van der Waals surface area contributed by atoms with Gasteiger partial charge in [-0.3, -0.25) is 0 Å². The van der Waals surface area contributed by atoms with Crippen LogP contribution in [0.5, 0.6) is 0 Å². The van der Waals surface area contributed by atoms with Crippen molar-refractivity contribution in [1.29, 1.82) is 0 Å². The first-order valence-corrected chi connectivity index (χ1v) is 10.8. The zero-order valence-electron chi connectivity index (χ0n) is 14.0. The fourth-order valence-electron chi connectivity index (χ4n) is 2.65. The molecule has 0 aromatic heterocycles. The molecular weight excluding hydrogens is 372 g/mol. The number of hydrogen-bond acceptors (Lipinski definition) is 4. The van der Waals surface area contributed by atoms with E-state index in [9.17, 15) is 16.8 Å². The molecule has 0 heterocycles. The molecular formula is C18H18N2O4S2. The van der Waals surface area contributed by atoms with Crippen LogP contribution in [0.25, 0.3) is 10.8 Å². The van der Waals surface area contributed by atoms with Gasteiger partial charge in [0.25, 0.3) is 0 Å². The molecule has 3 N–H and O–H groups in total. The molecule has 0 amide bonds. The second-order valence-electron chi connectivity index (χ2n) is 5.97. The quantitative estimate of drug-likeness (QED) is 0.698. The number of hydrogen-bond donors (Lipinski definition) is 2. The summed E-state index contributed by atoms with van der Waals surface area (Å²) in [7, 11) is -7.68. The Balaban J connectivity index is 1.85.